The van der Waals surface area contributed by atoms with E-state index in [2.05, 4.69) is 0 Å². The predicted octanol–water partition coefficient (Wildman–Crippen LogP) is 3.43. The number of hydrogen-bond acceptors (Lipinski definition) is 6. The molecule has 0 aliphatic carbocycles. The van der Waals surface area contributed by atoms with Gasteiger partial charge in [-0.05, 0) is 52.7 Å². The van der Waals surface area contributed by atoms with E-state index in [9.17, 15) is 13.2 Å². The molecule has 0 aromatic heterocycles. The highest BCUT2D eigenvalue weighted by Crippen LogP contribution is 2.14. The van der Waals surface area contributed by atoms with Gasteiger partial charge in [0.1, 0.15) is 5.60 Å². The van der Waals surface area contributed by atoms with Gasteiger partial charge >= 0.3 is 6.16 Å². The van der Waals surface area contributed by atoms with Gasteiger partial charge in [-0.3, -0.25) is 4.18 Å². The van der Waals surface area contributed by atoms with Crippen LogP contribution >= 0.6 is 0 Å². The number of hydrogen-bond donors (Lipinski definition) is 0. The highest BCUT2D eigenvalue weighted by molar-refractivity contribution is 7.86. The molecule has 0 saturated carbocycles. The second-order valence-corrected chi connectivity index (χ2v) is 7.72. The van der Waals surface area contributed by atoms with E-state index < -0.39 is 21.9 Å². The third kappa shape index (κ3) is 7.99. The summed E-state index contributed by atoms with van der Waals surface area (Å²) >= 11 is 0. The largest absolute Gasteiger partial charge is 0.508 e. The molecular weight excluding hydrogens is 320 g/mol. The number of carbonyl (C=O) groups is 1. The summed E-state index contributed by atoms with van der Waals surface area (Å²) in [5, 5.41) is 0. The Labute approximate surface area is 137 Å². The molecule has 0 saturated heterocycles. The topological polar surface area (TPSA) is 78.9 Å². The molecular formula is C16H24O6S. The highest BCUT2D eigenvalue weighted by Gasteiger charge is 2.17. The van der Waals surface area contributed by atoms with E-state index in [1.807, 2.05) is 6.92 Å². The van der Waals surface area contributed by atoms with Crippen LogP contribution in [0.25, 0.3) is 0 Å². The first kappa shape index (κ1) is 19.4. The van der Waals surface area contributed by atoms with Crippen LogP contribution in [0, 0.1) is 6.92 Å². The molecule has 23 heavy (non-hydrogen) atoms. The summed E-state index contributed by atoms with van der Waals surface area (Å²) in [6, 6.07) is 6.45. The van der Waals surface area contributed by atoms with Crippen molar-refractivity contribution in [3.63, 3.8) is 0 Å². The van der Waals surface area contributed by atoms with Crippen molar-refractivity contribution in [2.75, 3.05) is 13.2 Å². The summed E-state index contributed by atoms with van der Waals surface area (Å²) in [5.74, 6) is 0. The summed E-state index contributed by atoms with van der Waals surface area (Å²) in [4.78, 5) is 11.4. The Morgan fingerprint density at radius 1 is 1.04 bits per heavy atom. The lowest BCUT2D eigenvalue weighted by atomic mass is 10.2. The lowest BCUT2D eigenvalue weighted by Crippen LogP contribution is -2.24. The van der Waals surface area contributed by atoms with Crippen LogP contribution in [0.2, 0.25) is 0 Å². The van der Waals surface area contributed by atoms with Gasteiger partial charge in [0, 0.05) is 0 Å². The molecule has 0 spiro atoms. The smallest absolute Gasteiger partial charge is 0.434 e. The van der Waals surface area contributed by atoms with Crippen LogP contribution in [-0.2, 0) is 23.8 Å². The molecule has 0 bridgehead atoms. The molecule has 130 valence electrons. The fourth-order valence-electron chi connectivity index (χ4n) is 1.58. The van der Waals surface area contributed by atoms with Crippen LogP contribution in [0.5, 0.6) is 0 Å². The van der Waals surface area contributed by atoms with Crippen molar-refractivity contribution in [2.24, 2.45) is 0 Å². The first-order valence-corrected chi connectivity index (χ1v) is 8.83. The van der Waals surface area contributed by atoms with Gasteiger partial charge in [0.25, 0.3) is 10.1 Å². The minimum atomic E-state index is -3.74. The van der Waals surface area contributed by atoms with Crippen molar-refractivity contribution in [3.8, 4) is 0 Å². The maximum Gasteiger partial charge on any atom is 0.508 e. The first-order valence-electron chi connectivity index (χ1n) is 7.42. The van der Waals surface area contributed by atoms with Gasteiger partial charge in [0.2, 0.25) is 0 Å². The molecule has 0 unspecified atom stereocenters. The van der Waals surface area contributed by atoms with E-state index in [0.717, 1.165) is 5.56 Å². The van der Waals surface area contributed by atoms with E-state index in [1.165, 1.54) is 12.1 Å². The molecule has 0 radical (unpaired) electrons. The molecule has 0 atom stereocenters. The van der Waals surface area contributed by atoms with E-state index in [0.29, 0.717) is 12.8 Å². The Hall–Kier alpha value is -1.60. The summed E-state index contributed by atoms with van der Waals surface area (Å²) in [6.45, 7) is 7.31. The maximum absolute atomic E-state index is 11.9. The predicted molar refractivity (Wildman–Crippen MR) is 85.7 cm³/mol. The second-order valence-electron chi connectivity index (χ2n) is 6.11. The van der Waals surface area contributed by atoms with Gasteiger partial charge in [-0.25, -0.2) is 4.79 Å². The van der Waals surface area contributed by atoms with Crippen molar-refractivity contribution in [1.82, 2.24) is 0 Å². The van der Waals surface area contributed by atoms with Crippen LogP contribution in [0.3, 0.4) is 0 Å². The summed E-state index contributed by atoms with van der Waals surface area (Å²) in [7, 11) is -3.74. The van der Waals surface area contributed by atoms with Crippen LogP contribution in [-0.4, -0.2) is 33.4 Å². The molecule has 0 aliphatic heterocycles. The van der Waals surface area contributed by atoms with Crippen molar-refractivity contribution in [1.29, 1.82) is 0 Å². The average Bonchev–Trinajstić information content (AvgIpc) is 2.41. The number of rotatable bonds is 7. The molecule has 0 aliphatic rings. The normalized spacial score (nSPS) is 12.0. The SMILES string of the molecule is Cc1ccc(S(=O)(=O)OCCCCOC(=O)OC(C)(C)C)cc1. The second kappa shape index (κ2) is 8.31. The number of unbranched alkanes of at least 4 members (excludes halogenated alkanes) is 1. The van der Waals surface area contributed by atoms with Crippen molar-refractivity contribution in [3.05, 3.63) is 29.8 Å². The number of ether oxygens (including phenoxy) is 2. The molecule has 0 heterocycles. The zero-order chi connectivity index (χ0) is 17.5. The fraction of sp³-hybridized carbons (Fsp3) is 0.562. The van der Waals surface area contributed by atoms with Crippen LogP contribution in [0.1, 0.15) is 39.2 Å². The minimum absolute atomic E-state index is 0.0356. The Morgan fingerprint density at radius 3 is 2.17 bits per heavy atom. The number of benzene rings is 1. The fourth-order valence-corrected chi connectivity index (χ4v) is 2.52. The van der Waals surface area contributed by atoms with Gasteiger partial charge in [0.05, 0.1) is 18.1 Å². The molecule has 1 rings (SSSR count). The molecule has 0 N–H and O–H groups in total. The number of carbonyl (C=O) groups excluding carboxylic acids is 1. The zero-order valence-corrected chi connectivity index (χ0v) is 14.8. The van der Waals surface area contributed by atoms with Gasteiger partial charge in [0.15, 0.2) is 0 Å². The van der Waals surface area contributed by atoms with Crippen molar-refractivity contribution < 1.29 is 26.9 Å². The van der Waals surface area contributed by atoms with E-state index in [-0.39, 0.29) is 18.1 Å². The first-order chi connectivity index (χ1) is 10.6. The highest BCUT2D eigenvalue weighted by atomic mass is 32.2. The molecule has 0 amide bonds. The van der Waals surface area contributed by atoms with Crippen LogP contribution < -0.4 is 0 Å². The van der Waals surface area contributed by atoms with E-state index >= 15 is 0 Å². The molecule has 0 fully saturated rings. The van der Waals surface area contributed by atoms with E-state index in [4.69, 9.17) is 13.7 Å². The lowest BCUT2D eigenvalue weighted by Gasteiger charge is -2.18. The monoisotopic (exact) mass is 344 g/mol. The van der Waals surface area contributed by atoms with Gasteiger partial charge in [-0.15, -0.1) is 0 Å². The lowest BCUT2D eigenvalue weighted by molar-refractivity contribution is -0.00796. The molecule has 6 nitrogen and oxygen atoms in total. The quantitative estimate of drug-likeness (QED) is 0.428. The summed E-state index contributed by atoms with van der Waals surface area (Å²) in [5.41, 5.74) is 0.380. The van der Waals surface area contributed by atoms with Gasteiger partial charge in [-0.1, -0.05) is 17.7 Å². The van der Waals surface area contributed by atoms with E-state index in [1.54, 1.807) is 32.9 Å². The van der Waals surface area contributed by atoms with Crippen molar-refractivity contribution in [2.45, 2.75) is 51.0 Å². The Balaban J connectivity index is 2.24. The molecule has 1 aromatic carbocycles. The number of aryl methyl sites for hydroxylation is 1. The van der Waals surface area contributed by atoms with Gasteiger partial charge in [-0.2, -0.15) is 8.42 Å². The Kier molecular flexibility index (Phi) is 7.02. The van der Waals surface area contributed by atoms with Crippen LogP contribution in [0.15, 0.2) is 29.2 Å². The average molecular weight is 344 g/mol. The third-order valence-electron chi connectivity index (χ3n) is 2.70. The van der Waals surface area contributed by atoms with Crippen molar-refractivity contribution >= 4 is 16.3 Å². The van der Waals surface area contributed by atoms with Crippen LogP contribution in [0.4, 0.5) is 4.79 Å². The van der Waals surface area contributed by atoms with Gasteiger partial charge < -0.3 is 9.47 Å². The maximum atomic E-state index is 11.9. The Morgan fingerprint density at radius 2 is 1.61 bits per heavy atom. The summed E-state index contributed by atoms with van der Waals surface area (Å²) < 4.78 is 38.6. The standard InChI is InChI=1S/C16H24O6S/c1-13-7-9-14(10-8-13)23(18,19)21-12-6-5-11-20-15(17)22-16(2,3)4/h7-10H,5-6,11-12H2,1-4H3. The summed E-state index contributed by atoms with van der Waals surface area (Å²) in [6.07, 6.45) is 0.210. The molecule has 7 heteroatoms. The minimum Gasteiger partial charge on any atom is -0.434 e. The molecule has 1 aromatic rings. The Bertz CT molecular complexity index is 598. The zero-order valence-electron chi connectivity index (χ0n) is 14.0. The third-order valence-corrected chi connectivity index (χ3v) is 4.02.